The lowest BCUT2D eigenvalue weighted by Crippen LogP contribution is -2.29. The second-order valence-electron chi connectivity index (χ2n) is 3.80. The van der Waals surface area contributed by atoms with Gasteiger partial charge < -0.3 is 0 Å². The third kappa shape index (κ3) is 2.00. The molecule has 2 rings (SSSR count). The molecule has 0 aromatic carbocycles. The molecule has 0 amide bonds. The standard InChI is InChI=1S/C12H15N3S/c1-8-4-6-16-12(8)11(15-13)10-3-5-14-7-9(10)2/h3-7,11,15H,13H2,1-2H3. The second-order valence-corrected chi connectivity index (χ2v) is 4.75. The molecule has 0 aliphatic heterocycles. The van der Waals surface area contributed by atoms with Crippen LogP contribution in [0.5, 0.6) is 0 Å². The summed E-state index contributed by atoms with van der Waals surface area (Å²) in [5.41, 5.74) is 6.49. The van der Waals surface area contributed by atoms with Crippen LogP contribution in [0.1, 0.15) is 27.6 Å². The molecule has 0 fully saturated rings. The van der Waals surface area contributed by atoms with E-state index in [2.05, 4.69) is 35.7 Å². The fourth-order valence-electron chi connectivity index (χ4n) is 1.79. The van der Waals surface area contributed by atoms with Crippen molar-refractivity contribution in [1.82, 2.24) is 10.4 Å². The fraction of sp³-hybridized carbons (Fsp3) is 0.250. The number of nitrogens with two attached hydrogens (primary N) is 1. The molecule has 0 aliphatic carbocycles. The van der Waals surface area contributed by atoms with Crippen LogP contribution in [0, 0.1) is 13.8 Å². The molecule has 0 bridgehead atoms. The second kappa shape index (κ2) is 4.74. The summed E-state index contributed by atoms with van der Waals surface area (Å²) in [6, 6.07) is 4.18. The zero-order chi connectivity index (χ0) is 11.5. The van der Waals surface area contributed by atoms with Gasteiger partial charge in [-0.1, -0.05) is 0 Å². The number of nitrogens with zero attached hydrogens (tertiary/aromatic N) is 1. The molecule has 1 atom stereocenters. The van der Waals surface area contributed by atoms with Crippen molar-refractivity contribution in [2.75, 3.05) is 0 Å². The molecule has 0 aliphatic rings. The Labute approximate surface area is 99.3 Å². The highest BCUT2D eigenvalue weighted by molar-refractivity contribution is 7.10. The van der Waals surface area contributed by atoms with Gasteiger partial charge in [-0.3, -0.25) is 10.8 Å². The molecular weight excluding hydrogens is 218 g/mol. The van der Waals surface area contributed by atoms with Crippen LogP contribution in [-0.2, 0) is 0 Å². The lowest BCUT2D eigenvalue weighted by molar-refractivity contribution is 0.639. The maximum absolute atomic E-state index is 5.67. The molecule has 2 heterocycles. The molecule has 2 aromatic rings. The molecule has 0 spiro atoms. The number of rotatable bonds is 3. The molecule has 3 nitrogen and oxygen atoms in total. The molecule has 0 saturated heterocycles. The van der Waals surface area contributed by atoms with Crippen LogP contribution >= 0.6 is 11.3 Å². The Balaban J connectivity index is 2.45. The largest absolute Gasteiger partial charge is 0.271 e. The highest BCUT2D eigenvalue weighted by Gasteiger charge is 2.17. The van der Waals surface area contributed by atoms with Crippen LogP contribution in [0.25, 0.3) is 0 Å². The number of hydrogen-bond acceptors (Lipinski definition) is 4. The van der Waals surface area contributed by atoms with E-state index < -0.39 is 0 Å². The van der Waals surface area contributed by atoms with Crippen LogP contribution in [0.2, 0.25) is 0 Å². The number of hydrogen-bond donors (Lipinski definition) is 2. The van der Waals surface area contributed by atoms with Gasteiger partial charge in [0.25, 0.3) is 0 Å². The lowest BCUT2D eigenvalue weighted by atomic mass is 10.0. The summed E-state index contributed by atoms with van der Waals surface area (Å²) in [4.78, 5) is 5.36. The van der Waals surface area contributed by atoms with Crippen molar-refractivity contribution in [1.29, 1.82) is 0 Å². The Morgan fingerprint density at radius 1 is 1.31 bits per heavy atom. The minimum absolute atomic E-state index is 0.0583. The normalized spacial score (nSPS) is 12.7. The molecule has 4 heteroatoms. The average molecular weight is 233 g/mol. The Kier molecular flexibility index (Phi) is 3.33. The van der Waals surface area contributed by atoms with Gasteiger partial charge in [0.1, 0.15) is 0 Å². The summed E-state index contributed by atoms with van der Waals surface area (Å²) in [5.74, 6) is 5.67. The number of nitrogens with one attached hydrogen (secondary N) is 1. The number of pyridine rings is 1. The highest BCUT2D eigenvalue weighted by Crippen LogP contribution is 2.29. The van der Waals surface area contributed by atoms with Crippen molar-refractivity contribution in [3.8, 4) is 0 Å². The summed E-state index contributed by atoms with van der Waals surface area (Å²) in [7, 11) is 0. The zero-order valence-corrected chi connectivity index (χ0v) is 10.2. The predicted molar refractivity (Wildman–Crippen MR) is 67.2 cm³/mol. The van der Waals surface area contributed by atoms with E-state index in [4.69, 9.17) is 5.84 Å². The number of aromatic nitrogens is 1. The number of thiophene rings is 1. The Morgan fingerprint density at radius 2 is 2.12 bits per heavy atom. The van der Waals surface area contributed by atoms with E-state index in [1.165, 1.54) is 16.0 Å². The smallest absolute Gasteiger partial charge is 0.0808 e. The van der Waals surface area contributed by atoms with E-state index in [9.17, 15) is 0 Å². The fourth-order valence-corrected chi connectivity index (χ4v) is 2.80. The molecule has 2 aromatic heterocycles. The average Bonchev–Trinajstić information content (AvgIpc) is 2.69. The topological polar surface area (TPSA) is 50.9 Å². The maximum Gasteiger partial charge on any atom is 0.0808 e. The van der Waals surface area contributed by atoms with Gasteiger partial charge in [0, 0.05) is 17.3 Å². The molecule has 0 radical (unpaired) electrons. The first-order valence-corrected chi connectivity index (χ1v) is 6.02. The molecule has 3 N–H and O–H groups in total. The van der Waals surface area contributed by atoms with Crippen LogP contribution in [0.15, 0.2) is 29.9 Å². The number of aryl methyl sites for hydroxylation is 2. The van der Waals surface area contributed by atoms with E-state index in [1.54, 1.807) is 17.5 Å². The van der Waals surface area contributed by atoms with Gasteiger partial charge in [0.2, 0.25) is 0 Å². The summed E-state index contributed by atoms with van der Waals surface area (Å²) in [5, 5.41) is 2.09. The minimum Gasteiger partial charge on any atom is -0.271 e. The monoisotopic (exact) mass is 233 g/mol. The van der Waals surface area contributed by atoms with Gasteiger partial charge >= 0.3 is 0 Å². The van der Waals surface area contributed by atoms with Crippen molar-refractivity contribution in [2.45, 2.75) is 19.9 Å². The highest BCUT2D eigenvalue weighted by atomic mass is 32.1. The Bertz CT molecular complexity index is 479. The van der Waals surface area contributed by atoms with E-state index in [1.807, 2.05) is 12.3 Å². The van der Waals surface area contributed by atoms with E-state index in [0.717, 1.165) is 5.56 Å². The van der Waals surface area contributed by atoms with Gasteiger partial charge in [-0.05, 0) is 48.1 Å². The van der Waals surface area contributed by atoms with Gasteiger partial charge in [0.05, 0.1) is 6.04 Å². The quantitative estimate of drug-likeness (QED) is 0.632. The summed E-state index contributed by atoms with van der Waals surface area (Å²) in [6.45, 7) is 4.16. The third-order valence-corrected chi connectivity index (χ3v) is 3.79. The Morgan fingerprint density at radius 3 is 2.69 bits per heavy atom. The first kappa shape index (κ1) is 11.3. The molecular formula is C12H15N3S. The van der Waals surface area contributed by atoms with Crippen molar-refractivity contribution >= 4 is 11.3 Å². The first-order chi connectivity index (χ1) is 7.74. The van der Waals surface area contributed by atoms with Gasteiger partial charge in [-0.2, -0.15) is 0 Å². The van der Waals surface area contributed by atoms with E-state index in [-0.39, 0.29) is 6.04 Å². The summed E-state index contributed by atoms with van der Waals surface area (Å²) in [6.07, 6.45) is 3.66. The summed E-state index contributed by atoms with van der Waals surface area (Å²) < 4.78 is 0. The predicted octanol–water partition coefficient (Wildman–Crippen LogP) is 2.31. The first-order valence-electron chi connectivity index (χ1n) is 5.14. The van der Waals surface area contributed by atoms with Crippen LogP contribution in [0.3, 0.4) is 0 Å². The third-order valence-electron chi connectivity index (χ3n) is 2.71. The van der Waals surface area contributed by atoms with Gasteiger partial charge in [-0.15, -0.1) is 11.3 Å². The number of hydrazine groups is 1. The van der Waals surface area contributed by atoms with Crippen LogP contribution < -0.4 is 11.3 Å². The van der Waals surface area contributed by atoms with Gasteiger partial charge in [-0.25, -0.2) is 5.43 Å². The van der Waals surface area contributed by atoms with Crippen LogP contribution in [0.4, 0.5) is 0 Å². The van der Waals surface area contributed by atoms with Crippen molar-refractivity contribution in [3.05, 3.63) is 51.5 Å². The summed E-state index contributed by atoms with van der Waals surface area (Å²) >= 11 is 1.72. The zero-order valence-electron chi connectivity index (χ0n) is 9.40. The SMILES string of the molecule is Cc1cnccc1C(NN)c1sccc1C. The Hall–Kier alpha value is -1.23. The molecule has 1 unspecified atom stereocenters. The molecule has 16 heavy (non-hydrogen) atoms. The van der Waals surface area contributed by atoms with Crippen molar-refractivity contribution in [3.63, 3.8) is 0 Å². The maximum atomic E-state index is 5.67. The lowest BCUT2D eigenvalue weighted by Gasteiger charge is -2.17. The minimum atomic E-state index is 0.0583. The molecule has 84 valence electrons. The van der Waals surface area contributed by atoms with E-state index in [0.29, 0.717) is 0 Å². The van der Waals surface area contributed by atoms with Crippen molar-refractivity contribution < 1.29 is 0 Å². The van der Waals surface area contributed by atoms with Crippen LogP contribution in [-0.4, -0.2) is 4.98 Å². The van der Waals surface area contributed by atoms with E-state index >= 15 is 0 Å². The van der Waals surface area contributed by atoms with Gasteiger partial charge in [0.15, 0.2) is 0 Å². The van der Waals surface area contributed by atoms with Crippen molar-refractivity contribution in [2.24, 2.45) is 5.84 Å². The molecule has 0 saturated carbocycles.